The molecular formula is C36H36FN5O7. The highest BCUT2D eigenvalue weighted by Crippen LogP contribution is 2.38. The monoisotopic (exact) mass is 669 g/mol. The number of nitrogens with zero attached hydrogens (tertiary/aromatic N) is 4. The molecule has 0 bridgehead atoms. The molecule has 1 fully saturated rings. The van der Waals surface area contributed by atoms with Crippen LogP contribution in [0.15, 0.2) is 75.4 Å². The number of aromatic nitrogens is 3. The molecule has 6 rings (SSSR count). The largest absolute Gasteiger partial charge is 0.493 e. The van der Waals surface area contributed by atoms with Crippen molar-refractivity contribution < 1.29 is 28.4 Å². The van der Waals surface area contributed by atoms with Gasteiger partial charge in [0.25, 0.3) is 5.56 Å². The summed E-state index contributed by atoms with van der Waals surface area (Å²) in [5.41, 5.74) is 0.697. The summed E-state index contributed by atoms with van der Waals surface area (Å²) < 4.78 is 39.4. The van der Waals surface area contributed by atoms with Crippen molar-refractivity contribution in [1.29, 1.82) is 0 Å². The fourth-order valence-corrected chi connectivity index (χ4v) is 5.72. The van der Waals surface area contributed by atoms with Crippen LogP contribution in [0.25, 0.3) is 16.6 Å². The van der Waals surface area contributed by atoms with E-state index in [1.165, 1.54) is 12.1 Å². The average molecular weight is 670 g/mol. The molecule has 12 nitrogen and oxygen atoms in total. The Balaban J connectivity index is 1.20. The third-order valence-electron chi connectivity index (χ3n) is 8.23. The molecule has 254 valence electrons. The second-order valence-electron chi connectivity index (χ2n) is 11.5. The van der Waals surface area contributed by atoms with E-state index < -0.39 is 22.9 Å². The molecule has 0 spiro atoms. The van der Waals surface area contributed by atoms with E-state index in [0.29, 0.717) is 51.6 Å². The number of para-hydroxylation sites is 1. The van der Waals surface area contributed by atoms with E-state index in [9.17, 15) is 14.7 Å². The van der Waals surface area contributed by atoms with Crippen LogP contribution in [0.5, 0.6) is 28.9 Å². The third kappa shape index (κ3) is 7.32. The molecule has 1 aliphatic heterocycles. The van der Waals surface area contributed by atoms with Gasteiger partial charge in [0, 0.05) is 49.6 Å². The minimum atomic E-state index is -0.837. The van der Waals surface area contributed by atoms with E-state index in [1.807, 2.05) is 6.07 Å². The summed E-state index contributed by atoms with van der Waals surface area (Å²) in [6.07, 6.45) is 3.48. The zero-order valence-corrected chi connectivity index (χ0v) is 27.4. The molecular weight excluding hydrogens is 633 g/mol. The summed E-state index contributed by atoms with van der Waals surface area (Å²) in [6, 6.07) is 14.5. The molecule has 2 N–H and O–H groups in total. The first-order valence-electron chi connectivity index (χ1n) is 15.8. The van der Waals surface area contributed by atoms with Crippen molar-refractivity contribution in [2.45, 2.75) is 20.3 Å². The number of aromatic hydroxyl groups is 1. The number of aliphatic imine (C=N–C) groups is 1. The Kier molecular flexibility index (Phi) is 10.0. The predicted octanol–water partition coefficient (Wildman–Crippen LogP) is 5.19. The Hall–Kier alpha value is -5.53. The third-order valence-corrected chi connectivity index (χ3v) is 8.23. The second kappa shape index (κ2) is 14.7. The highest BCUT2D eigenvalue weighted by molar-refractivity contribution is 5.88. The lowest BCUT2D eigenvalue weighted by Gasteiger charge is -2.26. The lowest BCUT2D eigenvalue weighted by molar-refractivity contribution is 0.0357. The van der Waals surface area contributed by atoms with Gasteiger partial charge in [-0.1, -0.05) is 18.2 Å². The van der Waals surface area contributed by atoms with Gasteiger partial charge in [0.05, 0.1) is 43.8 Å². The number of aromatic amines is 1. The Bertz CT molecular complexity index is 2120. The molecule has 1 saturated heterocycles. The number of aryl methyl sites for hydroxylation is 2. The van der Waals surface area contributed by atoms with Gasteiger partial charge in [-0.15, -0.1) is 0 Å². The van der Waals surface area contributed by atoms with E-state index in [1.54, 1.807) is 57.5 Å². The number of nitrogens with one attached hydrogen (secondary N) is 1. The molecule has 5 aromatic rings. The van der Waals surface area contributed by atoms with Crippen molar-refractivity contribution in [2.24, 2.45) is 4.99 Å². The van der Waals surface area contributed by atoms with Gasteiger partial charge in [0.15, 0.2) is 23.1 Å². The van der Waals surface area contributed by atoms with Crippen molar-refractivity contribution >= 4 is 22.8 Å². The maximum absolute atomic E-state index is 15.3. The summed E-state index contributed by atoms with van der Waals surface area (Å²) in [5, 5.41) is 11.6. The van der Waals surface area contributed by atoms with Crippen molar-refractivity contribution in [1.82, 2.24) is 19.4 Å². The molecule has 13 heteroatoms. The predicted molar refractivity (Wildman–Crippen MR) is 183 cm³/mol. The number of morpholine rings is 1. The SMILES string of the molecule is COc1cc2c(Oc3ccc(N=Cc4c(O)n(-c5c(C)cccc5C)c(=O)[nH]c4=O)cc3F)ccnc2cc1OCCCN1CCOCC1. The number of fused-ring (bicyclic) bond motifs is 1. The van der Waals surface area contributed by atoms with E-state index in [4.69, 9.17) is 18.9 Å². The van der Waals surface area contributed by atoms with Crippen molar-refractivity contribution in [3.63, 3.8) is 0 Å². The highest BCUT2D eigenvalue weighted by Gasteiger charge is 2.18. The van der Waals surface area contributed by atoms with Crippen LogP contribution in [0.4, 0.5) is 10.1 Å². The van der Waals surface area contributed by atoms with Crippen LogP contribution in [0, 0.1) is 19.7 Å². The number of pyridine rings is 1. The topological polar surface area (TPSA) is 140 Å². The first-order valence-corrected chi connectivity index (χ1v) is 15.8. The number of hydrogen-bond donors (Lipinski definition) is 2. The number of H-pyrrole nitrogens is 1. The number of halogens is 1. The fourth-order valence-electron chi connectivity index (χ4n) is 5.72. The van der Waals surface area contributed by atoms with Gasteiger partial charge in [-0.25, -0.2) is 13.8 Å². The molecule has 0 amide bonds. The maximum atomic E-state index is 15.3. The first kappa shape index (κ1) is 33.4. The van der Waals surface area contributed by atoms with Crippen LogP contribution in [0.1, 0.15) is 23.1 Å². The molecule has 1 aliphatic rings. The number of benzene rings is 3. The zero-order chi connectivity index (χ0) is 34.5. The molecule has 3 aromatic carbocycles. The van der Waals surface area contributed by atoms with Gasteiger partial charge in [-0.2, -0.15) is 0 Å². The van der Waals surface area contributed by atoms with E-state index in [2.05, 4.69) is 19.9 Å². The molecule has 2 aromatic heterocycles. The number of rotatable bonds is 11. The number of methoxy groups -OCH3 is 1. The fraction of sp³-hybridized carbons (Fsp3) is 0.278. The molecule has 0 aliphatic carbocycles. The van der Waals surface area contributed by atoms with E-state index >= 15 is 4.39 Å². The molecule has 3 heterocycles. The maximum Gasteiger partial charge on any atom is 0.335 e. The molecule has 0 atom stereocenters. The minimum Gasteiger partial charge on any atom is -0.493 e. The Morgan fingerprint density at radius 2 is 1.80 bits per heavy atom. The van der Waals surface area contributed by atoms with Crippen LogP contribution >= 0.6 is 0 Å². The summed E-state index contributed by atoms with van der Waals surface area (Å²) in [7, 11) is 1.55. The average Bonchev–Trinajstić information content (AvgIpc) is 3.09. The summed E-state index contributed by atoms with van der Waals surface area (Å²) in [6.45, 7) is 8.31. The molecule has 0 saturated carbocycles. The van der Waals surface area contributed by atoms with E-state index in [0.717, 1.165) is 56.1 Å². The van der Waals surface area contributed by atoms with Gasteiger partial charge in [0.1, 0.15) is 11.3 Å². The van der Waals surface area contributed by atoms with Crippen LogP contribution in [0.2, 0.25) is 0 Å². The highest BCUT2D eigenvalue weighted by atomic mass is 19.1. The van der Waals surface area contributed by atoms with Gasteiger partial charge in [0.2, 0.25) is 5.88 Å². The van der Waals surface area contributed by atoms with Crippen LogP contribution in [-0.2, 0) is 4.74 Å². The lowest BCUT2D eigenvalue weighted by atomic mass is 10.1. The molecule has 0 radical (unpaired) electrons. The number of ether oxygens (including phenoxy) is 4. The van der Waals surface area contributed by atoms with Crippen LogP contribution in [0.3, 0.4) is 0 Å². The van der Waals surface area contributed by atoms with Gasteiger partial charge in [-0.05, 0) is 55.7 Å². The van der Waals surface area contributed by atoms with Crippen LogP contribution < -0.4 is 25.5 Å². The van der Waals surface area contributed by atoms with Crippen molar-refractivity contribution in [3.8, 4) is 34.6 Å². The van der Waals surface area contributed by atoms with Gasteiger partial charge >= 0.3 is 5.69 Å². The van der Waals surface area contributed by atoms with Gasteiger partial charge < -0.3 is 24.1 Å². The molecule has 49 heavy (non-hydrogen) atoms. The number of hydrogen-bond acceptors (Lipinski definition) is 10. The summed E-state index contributed by atoms with van der Waals surface area (Å²) in [5.74, 6) is 0.0105. The van der Waals surface area contributed by atoms with Gasteiger partial charge in [-0.3, -0.25) is 24.7 Å². The van der Waals surface area contributed by atoms with E-state index in [-0.39, 0.29) is 17.0 Å². The zero-order valence-electron chi connectivity index (χ0n) is 27.4. The van der Waals surface area contributed by atoms with Crippen LogP contribution in [-0.4, -0.2) is 77.3 Å². The Morgan fingerprint density at radius 1 is 1.02 bits per heavy atom. The van der Waals surface area contributed by atoms with Crippen molar-refractivity contribution in [3.05, 3.63) is 104 Å². The summed E-state index contributed by atoms with van der Waals surface area (Å²) in [4.78, 5) is 38.5. The first-order chi connectivity index (χ1) is 23.7. The smallest absolute Gasteiger partial charge is 0.335 e. The Morgan fingerprint density at radius 3 is 2.53 bits per heavy atom. The molecule has 0 unspecified atom stereocenters. The minimum absolute atomic E-state index is 0.0712. The summed E-state index contributed by atoms with van der Waals surface area (Å²) >= 11 is 0. The normalized spacial score (nSPS) is 13.6. The lowest BCUT2D eigenvalue weighted by Crippen LogP contribution is -2.37. The Labute approximate surface area is 281 Å². The van der Waals surface area contributed by atoms with Crippen molar-refractivity contribution in [2.75, 3.05) is 46.6 Å². The standard InChI is InChI=1S/C36H36FN5O7/c1-22-6-4-7-23(2)33(22)42-35(44)26(34(43)40-36(42)45)21-39-24-8-9-30(27(37)18-24)49-29-10-11-38-28-20-32(31(46-3)19-25(28)29)48-15-5-12-41-13-16-47-17-14-41/h4,6-11,18-21,44H,5,12-17H2,1-3H3,(H,40,43,45). The quantitative estimate of drug-likeness (QED) is 0.144. The second-order valence-corrected chi connectivity index (χ2v) is 11.5.